The molecular weight excluding hydrogens is 292 g/mol. The molecule has 2 amide bonds. The quantitative estimate of drug-likeness (QED) is 0.913. The van der Waals surface area contributed by atoms with Crippen LogP contribution in [0.25, 0.3) is 0 Å². The molecule has 2 N–H and O–H groups in total. The zero-order chi connectivity index (χ0) is 14.7. The van der Waals surface area contributed by atoms with E-state index in [0.717, 1.165) is 23.3 Å². The fourth-order valence-electron chi connectivity index (χ4n) is 2.30. The second kappa shape index (κ2) is 6.10. The average molecular weight is 307 g/mol. The Morgan fingerprint density at radius 2 is 2.14 bits per heavy atom. The molecule has 3 rings (SSSR count). The fraction of sp³-hybridized carbons (Fsp3) is 0.267. The molecule has 1 aromatic carbocycles. The summed E-state index contributed by atoms with van der Waals surface area (Å²) in [6, 6.07) is 7.04. The maximum Gasteiger partial charge on any atom is 0.315 e. The predicted molar refractivity (Wildman–Crippen MR) is 78.4 cm³/mol. The van der Waals surface area contributed by atoms with Gasteiger partial charge in [0.05, 0.1) is 19.4 Å². The number of hydrogen-bond donors (Lipinski definition) is 2. The van der Waals surface area contributed by atoms with Crippen LogP contribution in [0.2, 0.25) is 5.02 Å². The van der Waals surface area contributed by atoms with Crippen molar-refractivity contribution in [3.05, 3.63) is 52.4 Å². The molecule has 0 saturated heterocycles. The first-order valence-electron chi connectivity index (χ1n) is 6.70. The predicted octanol–water partition coefficient (Wildman–Crippen LogP) is 2.87. The monoisotopic (exact) mass is 306 g/mol. The Morgan fingerprint density at radius 1 is 1.29 bits per heavy atom. The first-order chi connectivity index (χ1) is 10.2. The zero-order valence-corrected chi connectivity index (χ0v) is 12.1. The molecule has 110 valence electrons. The molecule has 2 heterocycles. The Balaban J connectivity index is 1.56. The van der Waals surface area contributed by atoms with Gasteiger partial charge < -0.3 is 19.8 Å². The van der Waals surface area contributed by atoms with Gasteiger partial charge in [0.2, 0.25) is 0 Å². The Morgan fingerprint density at radius 3 is 2.95 bits per heavy atom. The minimum atomic E-state index is -0.266. The molecule has 0 bridgehead atoms. The van der Waals surface area contributed by atoms with E-state index in [1.165, 1.54) is 0 Å². The largest absolute Gasteiger partial charge is 0.493 e. The van der Waals surface area contributed by atoms with Gasteiger partial charge in [-0.15, -0.1) is 0 Å². The molecule has 0 fully saturated rings. The lowest BCUT2D eigenvalue weighted by molar-refractivity contribution is 0.239. The lowest BCUT2D eigenvalue weighted by atomic mass is 10.1. The smallest absolute Gasteiger partial charge is 0.315 e. The minimum Gasteiger partial charge on any atom is -0.493 e. The molecule has 0 atom stereocenters. The van der Waals surface area contributed by atoms with E-state index < -0.39 is 0 Å². The van der Waals surface area contributed by atoms with E-state index in [4.69, 9.17) is 20.8 Å². The van der Waals surface area contributed by atoms with Gasteiger partial charge in [0, 0.05) is 23.6 Å². The van der Waals surface area contributed by atoms with Crippen molar-refractivity contribution < 1.29 is 13.9 Å². The molecule has 1 aromatic heterocycles. The van der Waals surface area contributed by atoms with Crippen molar-refractivity contribution in [2.75, 3.05) is 6.61 Å². The molecule has 1 aliphatic heterocycles. The normalized spacial score (nSPS) is 12.6. The van der Waals surface area contributed by atoms with Gasteiger partial charge in [0.1, 0.15) is 11.5 Å². The first kappa shape index (κ1) is 13.8. The number of fused-ring (bicyclic) bond motifs is 1. The van der Waals surface area contributed by atoms with Crippen molar-refractivity contribution >= 4 is 17.6 Å². The van der Waals surface area contributed by atoms with E-state index in [2.05, 4.69) is 10.6 Å². The van der Waals surface area contributed by atoms with Crippen LogP contribution in [0.4, 0.5) is 4.79 Å². The summed E-state index contributed by atoms with van der Waals surface area (Å²) >= 11 is 6.08. The van der Waals surface area contributed by atoms with Crippen molar-refractivity contribution in [2.45, 2.75) is 19.5 Å². The lowest BCUT2D eigenvalue weighted by Gasteiger charge is -2.10. The molecule has 6 heteroatoms. The number of carbonyl (C=O) groups is 1. The van der Waals surface area contributed by atoms with Crippen LogP contribution in [-0.4, -0.2) is 12.6 Å². The second-order valence-corrected chi connectivity index (χ2v) is 5.20. The summed E-state index contributed by atoms with van der Waals surface area (Å²) in [6.45, 7) is 1.38. The number of nitrogens with one attached hydrogen (secondary N) is 2. The van der Waals surface area contributed by atoms with Crippen molar-refractivity contribution in [2.24, 2.45) is 0 Å². The van der Waals surface area contributed by atoms with E-state index in [1.54, 1.807) is 18.4 Å². The van der Waals surface area contributed by atoms with Crippen LogP contribution in [0.15, 0.2) is 34.9 Å². The highest BCUT2D eigenvalue weighted by atomic mass is 35.5. The van der Waals surface area contributed by atoms with Crippen molar-refractivity contribution in [1.82, 2.24) is 10.6 Å². The number of amides is 2. The number of hydrogen-bond acceptors (Lipinski definition) is 3. The highest BCUT2D eigenvalue weighted by Crippen LogP contribution is 2.32. The number of urea groups is 1. The molecule has 0 spiro atoms. The number of rotatable bonds is 4. The number of carbonyl (C=O) groups excluding carboxylic acids is 1. The zero-order valence-electron chi connectivity index (χ0n) is 11.3. The molecule has 21 heavy (non-hydrogen) atoms. The van der Waals surface area contributed by atoms with Crippen LogP contribution in [0.3, 0.4) is 0 Å². The van der Waals surface area contributed by atoms with Crippen LogP contribution in [0.5, 0.6) is 5.75 Å². The van der Waals surface area contributed by atoms with Crippen LogP contribution >= 0.6 is 11.6 Å². The highest BCUT2D eigenvalue weighted by Gasteiger charge is 2.17. The van der Waals surface area contributed by atoms with Gasteiger partial charge >= 0.3 is 6.03 Å². The molecule has 0 unspecified atom stereocenters. The van der Waals surface area contributed by atoms with Gasteiger partial charge in [-0.1, -0.05) is 11.6 Å². The second-order valence-electron chi connectivity index (χ2n) is 4.77. The van der Waals surface area contributed by atoms with Crippen molar-refractivity contribution in [3.63, 3.8) is 0 Å². The highest BCUT2D eigenvalue weighted by molar-refractivity contribution is 6.30. The Kier molecular flexibility index (Phi) is 4.01. The summed E-state index contributed by atoms with van der Waals surface area (Å²) in [5.74, 6) is 1.54. The van der Waals surface area contributed by atoms with E-state index in [-0.39, 0.29) is 6.03 Å². The van der Waals surface area contributed by atoms with E-state index in [1.807, 2.05) is 12.1 Å². The number of halogens is 1. The molecule has 0 aliphatic carbocycles. The molecule has 0 radical (unpaired) electrons. The van der Waals surface area contributed by atoms with Gasteiger partial charge in [0.15, 0.2) is 0 Å². The average Bonchev–Trinajstić information content (AvgIpc) is 3.13. The first-order valence-corrected chi connectivity index (χ1v) is 7.08. The van der Waals surface area contributed by atoms with E-state index >= 15 is 0 Å². The summed E-state index contributed by atoms with van der Waals surface area (Å²) < 4.78 is 10.7. The fourth-order valence-corrected chi connectivity index (χ4v) is 2.56. The van der Waals surface area contributed by atoms with Gasteiger partial charge in [-0.25, -0.2) is 4.79 Å². The molecule has 0 saturated carbocycles. The minimum absolute atomic E-state index is 0.266. The Labute approximate surface area is 127 Å². The van der Waals surface area contributed by atoms with Gasteiger partial charge in [-0.3, -0.25) is 0 Å². The summed E-state index contributed by atoms with van der Waals surface area (Å²) in [6.07, 6.45) is 2.43. The summed E-state index contributed by atoms with van der Waals surface area (Å²) in [7, 11) is 0. The number of ether oxygens (including phenoxy) is 1. The Hall–Kier alpha value is -2.14. The van der Waals surface area contributed by atoms with Crippen LogP contribution < -0.4 is 15.4 Å². The number of furan rings is 1. The summed E-state index contributed by atoms with van der Waals surface area (Å²) in [5, 5.41) is 6.17. The molecular formula is C15H15ClN2O3. The third-order valence-electron chi connectivity index (χ3n) is 3.27. The van der Waals surface area contributed by atoms with Crippen molar-refractivity contribution in [3.8, 4) is 5.75 Å². The topological polar surface area (TPSA) is 63.5 Å². The maximum absolute atomic E-state index is 11.8. The lowest BCUT2D eigenvalue weighted by Crippen LogP contribution is -2.34. The van der Waals surface area contributed by atoms with Crippen LogP contribution in [-0.2, 0) is 19.5 Å². The summed E-state index contributed by atoms with van der Waals surface area (Å²) in [5.41, 5.74) is 1.98. The van der Waals surface area contributed by atoms with Crippen LogP contribution in [0.1, 0.15) is 16.9 Å². The third-order valence-corrected chi connectivity index (χ3v) is 3.49. The SMILES string of the molecule is O=C(NCc1ccco1)NCc1cc(Cl)cc2c1OCC2. The van der Waals surface area contributed by atoms with E-state index in [0.29, 0.717) is 30.5 Å². The summed E-state index contributed by atoms with van der Waals surface area (Å²) in [4.78, 5) is 11.8. The van der Waals surface area contributed by atoms with Crippen LogP contribution in [0, 0.1) is 0 Å². The molecule has 2 aromatic rings. The third kappa shape index (κ3) is 3.31. The molecule has 5 nitrogen and oxygen atoms in total. The van der Waals surface area contributed by atoms with E-state index in [9.17, 15) is 4.79 Å². The standard InChI is InChI=1S/C15H15ClN2O3/c16-12-6-10-3-5-21-14(10)11(7-12)8-17-15(19)18-9-13-2-1-4-20-13/h1-2,4,6-7H,3,5,8-9H2,(H2,17,18,19). The Bertz CT molecular complexity index is 641. The maximum atomic E-state index is 11.8. The van der Waals surface area contributed by atoms with Crippen molar-refractivity contribution in [1.29, 1.82) is 0 Å². The van der Waals surface area contributed by atoms with Gasteiger partial charge in [0.25, 0.3) is 0 Å². The van der Waals surface area contributed by atoms with Gasteiger partial charge in [-0.05, 0) is 29.8 Å². The molecule has 1 aliphatic rings. The number of benzene rings is 1. The van der Waals surface area contributed by atoms with Gasteiger partial charge in [-0.2, -0.15) is 0 Å².